The first-order chi connectivity index (χ1) is 9.31. The number of rotatable bonds is 6. The first kappa shape index (κ1) is 13.9. The van der Waals surface area contributed by atoms with Gasteiger partial charge in [-0.25, -0.2) is 0 Å². The van der Waals surface area contributed by atoms with Crippen LogP contribution in [0.25, 0.3) is 0 Å². The number of unbranched alkanes of at least 4 members (excludes halogenated alkanes) is 3. The van der Waals surface area contributed by atoms with Crippen molar-refractivity contribution in [2.24, 2.45) is 0 Å². The highest BCUT2D eigenvalue weighted by molar-refractivity contribution is 5.96. The SMILES string of the molecule is CCCCCCC(=O)c1ccc2c(c1)OCCCO2. The quantitative estimate of drug-likeness (QED) is 0.574. The molecule has 0 bridgehead atoms. The van der Waals surface area contributed by atoms with E-state index in [2.05, 4.69) is 6.92 Å². The Kier molecular flexibility index (Phi) is 5.25. The zero-order chi connectivity index (χ0) is 13.5. The maximum Gasteiger partial charge on any atom is 0.163 e. The molecule has 1 aromatic rings. The van der Waals surface area contributed by atoms with Gasteiger partial charge in [-0.2, -0.15) is 0 Å². The van der Waals surface area contributed by atoms with Crippen molar-refractivity contribution in [1.29, 1.82) is 0 Å². The number of ketones is 1. The number of benzene rings is 1. The van der Waals surface area contributed by atoms with Crippen molar-refractivity contribution < 1.29 is 14.3 Å². The Morgan fingerprint density at radius 3 is 2.68 bits per heavy atom. The summed E-state index contributed by atoms with van der Waals surface area (Å²) in [5.41, 5.74) is 0.737. The Morgan fingerprint density at radius 1 is 1.11 bits per heavy atom. The minimum absolute atomic E-state index is 0.201. The van der Waals surface area contributed by atoms with E-state index in [9.17, 15) is 4.79 Å². The van der Waals surface area contributed by atoms with Crippen molar-refractivity contribution in [3.05, 3.63) is 23.8 Å². The van der Waals surface area contributed by atoms with Gasteiger partial charge in [-0.3, -0.25) is 4.79 Å². The van der Waals surface area contributed by atoms with Crippen LogP contribution in [-0.2, 0) is 0 Å². The molecule has 3 heteroatoms. The average Bonchev–Trinajstić information content (AvgIpc) is 2.67. The lowest BCUT2D eigenvalue weighted by atomic mass is 10.0. The standard InChI is InChI=1S/C16H22O3/c1-2-3-4-5-7-14(17)13-8-9-15-16(12-13)19-11-6-10-18-15/h8-9,12H,2-7,10-11H2,1H3. The van der Waals surface area contributed by atoms with Gasteiger partial charge in [0.15, 0.2) is 17.3 Å². The molecule has 0 amide bonds. The molecule has 0 N–H and O–H groups in total. The Bertz CT molecular complexity index is 426. The van der Waals surface area contributed by atoms with E-state index >= 15 is 0 Å². The summed E-state index contributed by atoms with van der Waals surface area (Å²) in [6.45, 7) is 3.50. The molecule has 1 aliphatic rings. The maximum absolute atomic E-state index is 12.1. The van der Waals surface area contributed by atoms with E-state index in [1.54, 1.807) is 0 Å². The smallest absolute Gasteiger partial charge is 0.163 e. The van der Waals surface area contributed by atoms with Crippen molar-refractivity contribution in [1.82, 2.24) is 0 Å². The van der Waals surface area contributed by atoms with Crippen molar-refractivity contribution in [3.8, 4) is 11.5 Å². The molecule has 1 heterocycles. The summed E-state index contributed by atoms with van der Waals surface area (Å²) in [5, 5.41) is 0. The van der Waals surface area contributed by atoms with E-state index in [1.165, 1.54) is 12.8 Å². The van der Waals surface area contributed by atoms with Crippen LogP contribution in [0.4, 0.5) is 0 Å². The summed E-state index contributed by atoms with van der Waals surface area (Å²) in [6.07, 6.45) is 6.01. The van der Waals surface area contributed by atoms with Gasteiger partial charge in [0.25, 0.3) is 0 Å². The first-order valence-electron chi connectivity index (χ1n) is 7.24. The number of carbonyl (C=O) groups is 1. The predicted molar refractivity (Wildman–Crippen MR) is 75.1 cm³/mol. The van der Waals surface area contributed by atoms with Crippen LogP contribution >= 0.6 is 0 Å². The Hall–Kier alpha value is -1.51. The molecule has 1 aromatic carbocycles. The number of hydrogen-bond donors (Lipinski definition) is 0. The third kappa shape index (κ3) is 3.98. The van der Waals surface area contributed by atoms with Gasteiger partial charge >= 0.3 is 0 Å². The molecule has 0 saturated heterocycles. The number of ether oxygens (including phenoxy) is 2. The molecule has 104 valence electrons. The van der Waals surface area contributed by atoms with Crippen molar-refractivity contribution in [2.75, 3.05) is 13.2 Å². The zero-order valence-corrected chi connectivity index (χ0v) is 11.6. The summed E-state index contributed by atoms with van der Waals surface area (Å²) in [5.74, 6) is 1.66. The van der Waals surface area contributed by atoms with E-state index in [1.807, 2.05) is 18.2 Å². The topological polar surface area (TPSA) is 35.5 Å². The normalized spacial score (nSPS) is 13.9. The lowest BCUT2D eigenvalue weighted by molar-refractivity contribution is 0.0978. The van der Waals surface area contributed by atoms with Crippen LogP contribution in [-0.4, -0.2) is 19.0 Å². The van der Waals surface area contributed by atoms with Gasteiger partial charge in [-0.05, 0) is 24.6 Å². The zero-order valence-electron chi connectivity index (χ0n) is 11.6. The van der Waals surface area contributed by atoms with Crippen LogP contribution in [0.3, 0.4) is 0 Å². The van der Waals surface area contributed by atoms with Crippen LogP contribution in [0, 0.1) is 0 Å². The second-order valence-electron chi connectivity index (χ2n) is 4.95. The number of carbonyl (C=O) groups excluding carboxylic acids is 1. The minimum atomic E-state index is 0.201. The molecule has 19 heavy (non-hydrogen) atoms. The molecule has 0 spiro atoms. The highest BCUT2D eigenvalue weighted by Crippen LogP contribution is 2.30. The van der Waals surface area contributed by atoms with Crippen molar-refractivity contribution in [3.63, 3.8) is 0 Å². The largest absolute Gasteiger partial charge is 0.490 e. The molecule has 0 radical (unpaired) electrons. The second-order valence-corrected chi connectivity index (χ2v) is 4.95. The van der Waals surface area contributed by atoms with Crippen LogP contribution < -0.4 is 9.47 Å². The highest BCUT2D eigenvalue weighted by atomic mass is 16.5. The van der Waals surface area contributed by atoms with Gasteiger partial charge in [0.2, 0.25) is 0 Å². The molecule has 3 nitrogen and oxygen atoms in total. The third-order valence-corrected chi connectivity index (χ3v) is 3.33. The van der Waals surface area contributed by atoms with Crippen LogP contribution in [0.5, 0.6) is 11.5 Å². The van der Waals surface area contributed by atoms with Gasteiger partial charge in [-0.15, -0.1) is 0 Å². The molecule has 0 aliphatic carbocycles. The minimum Gasteiger partial charge on any atom is -0.490 e. The summed E-state index contributed by atoms with van der Waals surface area (Å²) in [7, 11) is 0. The van der Waals surface area contributed by atoms with E-state index < -0.39 is 0 Å². The molecule has 0 fully saturated rings. The lowest BCUT2D eigenvalue weighted by Crippen LogP contribution is -2.00. The van der Waals surface area contributed by atoms with Crippen LogP contribution in [0.2, 0.25) is 0 Å². The Morgan fingerprint density at radius 2 is 1.89 bits per heavy atom. The van der Waals surface area contributed by atoms with Crippen molar-refractivity contribution in [2.45, 2.75) is 45.4 Å². The summed E-state index contributed by atoms with van der Waals surface area (Å²) in [6, 6.07) is 5.51. The molecule has 1 aliphatic heterocycles. The van der Waals surface area contributed by atoms with Gasteiger partial charge < -0.3 is 9.47 Å². The fraction of sp³-hybridized carbons (Fsp3) is 0.562. The molecule has 0 atom stereocenters. The summed E-state index contributed by atoms with van der Waals surface area (Å²) >= 11 is 0. The predicted octanol–water partition coefficient (Wildman–Crippen LogP) is 4.00. The fourth-order valence-electron chi connectivity index (χ4n) is 2.19. The molecule has 0 unspecified atom stereocenters. The van der Waals surface area contributed by atoms with Gasteiger partial charge in [0.05, 0.1) is 13.2 Å². The molecular formula is C16H22O3. The number of fused-ring (bicyclic) bond motifs is 1. The van der Waals surface area contributed by atoms with Gasteiger partial charge in [-0.1, -0.05) is 26.2 Å². The first-order valence-corrected chi connectivity index (χ1v) is 7.24. The fourth-order valence-corrected chi connectivity index (χ4v) is 2.19. The highest BCUT2D eigenvalue weighted by Gasteiger charge is 2.13. The van der Waals surface area contributed by atoms with E-state index in [0.29, 0.717) is 25.4 Å². The molecular weight excluding hydrogens is 240 g/mol. The number of hydrogen-bond acceptors (Lipinski definition) is 3. The van der Waals surface area contributed by atoms with Crippen molar-refractivity contribution >= 4 is 5.78 Å². The van der Waals surface area contributed by atoms with Crippen LogP contribution in [0.1, 0.15) is 55.8 Å². The Labute approximate surface area is 114 Å². The summed E-state index contributed by atoms with van der Waals surface area (Å²) < 4.78 is 11.2. The molecule has 0 saturated carbocycles. The van der Waals surface area contributed by atoms with E-state index in [4.69, 9.17) is 9.47 Å². The molecule has 2 rings (SSSR count). The lowest BCUT2D eigenvalue weighted by Gasteiger charge is -2.08. The van der Waals surface area contributed by atoms with E-state index in [-0.39, 0.29) is 5.78 Å². The van der Waals surface area contributed by atoms with Gasteiger partial charge in [0.1, 0.15) is 0 Å². The van der Waals surface area contributed by atoms with Crippen LogP contribution in [0.15, 0.2) is 18.2 Å². The van der Waals surface area contributed by atoms with Gasteiger partial charge in [0, 0.05) is 18.4 Å². The summed E-state index contributed by atoms with van der Waals surface area (Å²) in [4.78, 5) is 12.1. The molecule has 0 aromatic heterocycles. The maximum atomic E-state index is 12.1. The monoisotopic (exact) mass is 262 g/mol. The second kappa shape index (κ2) is 7.17. The van der Waals surface area contributed by atoms with E-state index in [0.717, 1.165) is 30.6 Å². The number of Topliss-reactive ketones (excluding diaryl/α,β-unsaturated/α-hetero) is 1. The Balaban J connectivity index is 1.96. The third-order valence-electron chi connectivity index (χ3n) is 3.33. The average molecular weight is 262 g/mol.